The molecule has 1 aliphatic heterocycles. The predicted molar refractivity (Wildman–Crippen MR) is 107 cm³/mol. The van der Waals surface area contributed by atoms with Crippen molar-refractivity contribution in [3.8, 4) is 0 Å². The number of fused-ring (bicyclic) bond motifs is 1. The highest BCUT2D eigenvalue weighted by Gasteiger charge is 2.32. The molecule has 144 valence electrons. The minimum Gasteiger partial charge on any atom is -0.378 e. The van der Waals surface area contributed by atoms with Gasteiger partial charge in [0.2, 0.25) is 10.0 Å². The number of hydrogen-bond acceptors (Lipinski definition) is 4. The number of morpholine rings is 1. The van der Waals surface area contributed by atoms with Crippen LogP contribution < -0.4 is 4.90 Å². The van der Waals surface area contributed by atoms with Gasteiger partial charge in [-0.1, -0.05) is 18.2 Å². The number of aryl methyl sites for hydroxylation is 2. The van der Waals surface area contributed by atoms with Gasteiger partial charge in [-0.3, -0.25) is 0 Å². The normalized spacial score (nSPS) is 20.4. The first-order valence-electron chi connectivity index (χ1n) is 9.46. The third kappa shape index (κ3) is 3.61. The lowest BCUT2D eigenvalue weighted by Crippen LogP contribution is -2.42. The molecule has 4 rings (SSSR count). The van der Waals surface area contributed by atoms with Crippen LogP contribution in [0, 0.1) is 0 Å². The van der Waals surface area contributed by atoms with Crippen molar-refractivity contribution < 1.29 is 13.2 Å². The summed E-state index contributed by atoms with van der Waals surface area (Å²) in [6.45, 7) is 1.15. The molecule has 0 saturated carbocycles. The fraction of sp³-hybridized carbons (Fsp3) is 0.429. The Kier molecular flexibility index (Phi) is 4.97. The number of benzene rings is 2. The molecule has 0 aromatic heterocycles. The molecule has 2 aromatic rings. The van der Waals surface area contributed by atoms with Crippen LogP contribution in [0.3, 0.4) is 0 Å². The van der Waals surface area contributed by atoms with Gasteiger partial charge in [-0.15, -0.1) is 0 Å². The van der Waals surface area contributed by atoms with Crippen LogP contribution in [0.5, 0.6) is 0 Å². The summed E-state index contributed by atoms with van der Waals surface area (Å²) in [7, 11) is 0.493. The second-order valence-corrected chi connectivity index (χ2v) is 9.43. The van der Waals surface area contributed by atoms with E-state index in [0.717, 1.165) is 30.5 Å². The third-order valence-electron chi connectivity index (χ3n) is 5.52. The summed E-state index contributed by atoms with van der Waals surface area (Å²) in [5.74, 6) is 0. The van der Waals surface area contributed by atoms with Crippen molar-refractivity contribution in [3.63, 3.8) is 0 Å². The van der Waals surface area contributed by atoms with Crippen molar-refractivity contribution in [2.24, 2.45) is 0 Å². The molecule has 0 spiro atoms. The average molecular weight is 387 g/mol. The Morgan fingerprint density at radius 2 is 1.78 bits per heavy atom. The fourth-order valence-electron chi connectivity index (χ4n) is 3.89. The highest BCUT2D eigenvalue weighted by atomic mass is 32.2. The van der Waals surface area contributed by atoms with Crippen LogP contribution in [0.1, 0.15) is 29.2 Å². The topological polar surface area (TPSA) is 49.9 Å². The molecule has 1 fully saturated rings. The first-order chi connectivity index (χ1) is 12.9. The van der Waals surface area contributed by atoms with Gasteiger partial charge in [0.1, 0.15) is 0 Å². The Morgan fingerprint density at radius 3 is 2.52 bits per heavy atom. The van der Waals surface area contributed by atoms with Crippen molar-refractivity contribution in [3.05, 3.63) is 59.2 Å². The molecule has 5 nitrogen and oxygen atoms in total. The zero-order chi connectivity index (χ0) is 19.0. The summed E-state index contributed by atoms with van der Waals surface area (Å²) in [6, 6.07) is 13.7. The summed E-state index contributed by atoms with van der Waals surface area (Å²) in [5, 5.41) is 0. The minimum atomic E-state index is -3.50. The highest BCUT2D eigenvalue weighted by molar-refractivity contribution is 7.89. The van der Waals surface area contributed by atoms with Crippen LogP contribution in [-0.4, -0.2) is 46.5 Å². The van der Waals surface area contributed by atoms with Gasteiger partial charge in [0.25, 0.3) is 0 Å². The number of anilines is 1. The average Bonchev–Trinajstić information content (AvgIpc) is 3.16. The molecule has 1 atom stereocenters. The lowest BCUT2D eigenvalue weighted by Gasteiger charge is -2.32. The van der Waals surface area contributed by atoms with Crippen LogP contribution in [0.15, 0.2) is 47.4 Å². The molecule has 2 aliphatic rings. The third-order valence-corrected chi connectivity index (χ3v) is 7.38. The summed E-state index contributed by atoms with van der Waals surface area (Å²) in [4.78, 5) is 2.45. The van der Waals surface area contributed by atoms with E-state index in [2.05, 4.69) is 0 Å². The van der Waals surface area contributed by atoms with Crippen LogP contribution in [-0.2, 0) is 27.6 Å². The van der Waals surface area contributed by atoms with E-state index in [0.29, 0.717) is 24.6 Å². The number of nitrogens with zero attached hydrogens (tertiary/aromatic N) is 2. The molecular weight excluding hydrogens is 360 g/mol. The molecule has 27 heavy (non-hydrogen) atoms. The molecular formula is C21H26N2O3S. The SMILES string of the molecule is CN(C)c1ccc(C2CN(S(=O)(=O)c3ccc4c(c3)CCC4)CCO2)cc1. The second kappa shape index (κ2) is 7.26. The van der Waals surface area contributed by atoms with E-state index in [1.54, 1.807) is 10.4 Å². The zero-order valence-electron chi connectivity index (χ0n) is 15.9. The van der Waals surface area contributed by atoms with Gasteiger partial charge in [0.15, 0.2) is 0 Å². The maximum atomic E-state index is 13.2. The van der Waals surface area contributed by atoms with Gasteiger partial charge in [0.05, 0.1) is 17.6 Å². The van der Waals surface area contributed by atoms with Crippen LogP contribution >= 0.6 is 0 Å². The molecule has 1 unspecified atom stereocenters. The van der Waals surface area contributed by atoms with Gasteiger partial charge < -0.3 is 9.64 Å². The summed E-state index contributed by atoms with van der Waals surface area (Å²) < 4.78 is 33.8. The monoisotopic (exact) mass is 386 g/mol. The van der Waals surface area contributed by atoms with Crippen LogP contribution in [0.25, 0.3) is 0 Å². The largest absolute Gasteiger partial charge is 0.378 e. The lowest BCUT2D eigenvalue weighted by molar-refractivity contribution is -0.00255. The maximum Gasteiger partial charge on any atom is 0.243 e. The Labute approximate surface area is 161 Å². The zero-order valence-corrected chi connectivity index (χ0v) is 16.7. The first-order valence-corrected chi connectivity index (χ1v) is 10.9. The van der Waals surface area contributed by atoms with Crippen molar-refractivity contribution in [1.82, 2.24) is 4.31 Å². The van der Waals surface area contributed by atoms with E-state index < -0.39 is 10.0 Å². The van der Waals surface area contributed by atoms with E-state index in [9.17, 15) is 8.42 Å². The van der Waals surface area contributed by atoms with Crippen molar-refractivity contribution >= 4 is 15.7 Å². The summed E-state index contributed by atoms with van der Waals surface area (Å²) in [6.07, 6.45) is 2.90. The van der Waals surface area contributed by atoms with Gasteiger partial charge in [0, 0.05) is 32.9 Å². The number of sulfonamides is 1. The molecule has 2 aromatic carbocycles. The number of ether oxygens (including phenoxy) is 1. The van der Waals surface area contributed by atoms with Gasteiger partial charge >= 0.3 is 0 Å². The van der Waals surface area contributed by atoms with E-state index in [1.165, 1.54) is 11.1 Å². The standard InChI is InChI=1S/C21H26N2O3S/c1-22(2)19-9-6-17(7-10-19)21-15-23(12-13-26-21)27(24,25)20-11-8-16-4-3-5-18(16)14-20/h6-11,14,21H,3-5,12-13,15H2,1-2H3. The molecule has 0 radical (unpaired) electrons. The molecule has 1 heterocycles. The van der Waals surface area contributed by atoms with E-state index in [-0.39, 0.29) is 6.10 Å². The summed E-state index contributed by atoms with van der Waals surface area (Å²) in [5.41, 5.74) is 4.58. The molecule has 6 heteroatoms. The van der Waals surface area contributed by atoms with Crippen molar-refractivity contribution in [1.29, 1.82) is 0 Å². The second-order valence-electron chi connectivity index (χ2n) is 7.49. The lowest BCUT2D eigenvalue weighted by atomic mass is 10.1. The van der Waals surface area contributed by atoms with Crippen LogP contribution in [0.2, 0.25) is 0 Å². The van der Waals surface area contributed by atoms with Gasteiger partial charge in [-0.25, -0.2) is 8.42 Å². The van der Waals surface area contributed by atoms with Crippen LogP contribution in [0.4, 0.5) is 5.69 Å². The Bertz CT molecular complexity index is 923. The van der Waals surface area contributed by atoms with Crippen molar-refractivity contribution in [2.75, 3.05) is 38.7 Å². The smallest absolute Gasteiger partial charge is 0.243 e. The molecule has 1 aliphatic carbocycles. The quantitative estimate of drug-likeness (QED) is 0.811. The van der Waals surface area contributed by atoms with Gasteiger partial charge in [-0.2, -0.15) is 4.31 Å². The van der Waals surface area contributed by atoms with Gasteiger partial charge in [-0.05, 0) is 60.2 Å². The first kappa shape index (κ1) is 18.5. The summed E-state index contributed by atoms with van der Waals surface area (Å²) >= 11 is 0. The van der Waals surface area contributed by atoms with E-state index in [1.807, 2.05) is 55.4 Å². The van der Waals surface area contributed by atoms with E-state index >= 15 is 0 Å². The number of rotatable bonds is 4. The Morgan fingerprint density at radius 1 is 1.04 bits per heavy atom. The Hall–Kier alpha value is -1.89. The number of hydrogen-bond donors (Lipinski definition) is 0. The predicted octanol–water partition coefficient (Wildman–Crippen LogP) is 3.00. The molecule has 0 N–H and O–H groups in total. The highest BCUT2D eigenvalue weighted by Crippen LogP contribution is 2.30. The Balaban J connectivity index is 1.55. The molecule has 0 amide bonds. The molecule has 0 bridgehead atoms. The minimum absolute atomic E-state index is 0.237. The van der Waals surface area contributed by atoms with Crippen molar-refractivity contribution in [2.45, 2.75) is 30.3 Å². The fourth-order valence-corrected chi connectivity index (χ4v) is 5.37. The maximum absolute atomic E-state index is 13.2. The van der Waals surface area contributed by atoms with E-state index in [4.69, 9.17) is 4.74 Å². The molecule has 1 saturated heterocycles.